The molecule has 0 fully saturated rings. The van der Waals surface area contributed by atoms with Crippen LogP contribution in [0.2, 0.25) is 0 Å². The molecule has 0 aliphatic heterocycles. The van der Waals surface area contributed by atoms with Crippen LogP contribution >= 0.6 is 0 Å². The molecule has 0 aliphatic rings. The van der Waals surface area contributed by atoms with Crippen molar-refractivity contribution < 1.29 is 28.3 Å². The fourth-order valence-electron chi connectivity index (χ4n) is 0.572. The number of hydrogen-bond donors (Lipinski definition) is 0. The molecule has 0 rings (SSSR count). The van der Waals surface area contributed by atoms with E-state index in [-0.39, 0.29) is 0 Å². The zero-order chi connectivity index (χ0) is 10.4. The number of carbonyl (C=O) groups excluding carboxylic acids is 3. The topological polar surface area (TPSA) is 78.9 Å². The Morgan fingerprint density at radius 3 is 1.62 bits per heavy atom. The summed E-state index contributed by atoms with van der Waals surface area (Å²) in [6.45, 7) is 1.10. The fourth-order valence-corrected chi connectivity index (χ4v) is 1.72. The molecule has 0 saturated carbocycles. The molecule has 0 amide bonds. The van der Waals surface area contributed by atoms with Crippen molar-refractivity contribution in [3.63, 3.8) is 0 Å². The number of rotatable bonds is 3. The highest BCUT2D eigenvalue weighted by molar-refractivity contribution is 7.05. The third-order valence-electron chi connectivity index (χ3n) is 1.11. The van der Waals surface area contributed by atoms with E-state index in [1.807, 2.05) is 0 Å². The zero-order valence-electron chi connectivity index (χ0n) is 7.53. The number of ether oxygens (including phenoxy) is 2. The SMILES string of the molecule is COC(=O)[SiH](OC(C)=O)C(=O)OC. The van der Waals surface area contributed by atoms with E-state index in [1.54, 1.807) is 0 Å². The zero-order valence-corrected chi connectivity index (χ0v) is 8.68. The van der Waals surface area contributed by atoms with Gasteiger partial charge in [0.1, 0.15) is 0 Å². The highest BCUT2D eigenvalue weighted by Crippen LogP contribution is 1.97. The Kier molecular flexibility index (Phi) is 4.74. The molecular formula is C6H10O6Si. The molecule has 0 aliphatic carbocycles. The van der Waals surface area contributed by atoms with Crippen LogP contribution in [0.1, 0.15) is 6.92 Å². The molecule has 0 heterocycles. The monoisotopic (exact) mass is 206 g/mol. The van der Waals surface area contributed by atoms with Crippen molar-refractivity contribution in [1.29, 1.82) is 0 Å². The molecule has 7 heteroatoms. The van der Waals surface area contributed by atoms with Gasteiger partial charge in [-0.25, -0.2) is 0 Å². The second-order valence-corrected chi connectivity index (χ2v) is 3.97. The molecule has 0 atom stereocenters. The van der Waals surface area contributed by atoms with Gasteiger partial charge in [-0.2, -0.15) is 0 Å². The van der Waals surface area contributed by atoms with E-state index >= 15 is 0 Å². The van der Waals surface area contributed by atoms with E-state index in [9.17, 15) is 14.4 Å². The first kappa shape index (κ1) is 11.6. The lowest BCUT2D eigenvalue weighted by Gasteiger charge is -2.09. The van der Waals surface area contributed by atoms with Crippen LogP contribution in [0.3, 0.4) is 0 Å². The summed E-state index contributed by atoms with van der Waals surface area (Å²) < 4.78 is 13.1. The minimum Gasteiger partial charge on any atom is -0.501 e. The highest BCUT2D eigenvalue weighted by atomic mass is 28.3. The molecule has 0 radical (unpaired) electrons. The van der Waals surface area contributed by atoms with Gasteiger partial charge in [0.2, 0.25) is 0 Å². The molecule has 74 valence electrons. The quantitative estimate of drug-likeness (QED) is 0.476. The average molecular weight is 206 g/mol. The summed E-state index contributed by atoms with van der Waals surface area (Å²) in [5.74, 6) is -0.701. The van der Waals surface area contributed by atoms with Crippen molar-refractivity contribution in [1.82, 2.24) is 0 Å². The summed E-state index contributed by atoms with van der Waals surface area (Å²) in [7, 11) is -0.840. The standard InChI is InChI=1S/C6H10O6Si/c1-4(7)12-13(5(8)10-2)6(9)11-3/h13H,1-3H3. The van der Waals surface area contributed by atoms with Crippen LogP contribution in [0.4, 0.5) is 9.59 Å². The smallest absolute Gasteiger partial charge is 0.480 e. The molecule has 0 N–H and O–H groups in total. The summed E-state index contributed by atoms with van der Waals surface area (Å²) >= 11 is 0. The van der Waals surface area contributed by atoms with E-state index in [1.165, 1.54) is 0 Å². The molecule has 6 nitrogen and oxygen atoms in total. The largest absolute Gasteiger partial charge is 0.501 e. The Balaban J connectivity index is 4.45. The van der Waals surface area contributed by atoms with Crippen LogP contribution in [0.5, 0.6) is 0 Å². The van der Waals surface area contributed by atoms with Crippen molar-refractivity contribution in [2.75, 3.05) is 14.2 Å². The van der Waals surface area contributed by atoms with Gasteiger partial charge in [0.05, 0.1) is 14.2 Å². The maximum atomic E-state index is 10.9. The van der Waals surface area contributed by atoms with E-state index in [2.05, 4.69) is 13.9 Å². The summed E-state index contributed by atoms with van der Waals surface area (Å²) in [6.07, 6.45) is 0. The lowest BCUT2D eigenvalue weighted by atomic mass is 10.9. The van der Waals surface area contributed by atoms with Crippen LogP contribution in [-0.4, -0.2) is 40.4 Å². The van der Waals surface area contributed by atoms with Crippen molar-refractivity contribution in [3.05, 3.63) is 0 Å². The van der Waals surface area contributed by atoms with Gasteiger partial charge < -0.3 is 13.9 Å². The van der Waals surface area contributed by atoms with Crippen molar-refractivity contribution in [2.45, 2.75) is 6.92 Å². The van der Waals surface area contributed by atoms with Crippen LogP contribution in [0.25, 0.3) is 0 Å². The van der Waals surface area contributed by atoms with Gasteiger partial charge in [-0.15, -0.1) is 0 Å². The first-order chi connectivity index (χ1) is 6.02. The minimum absolute atomic E-state index is 0.701. The third kappa shape index (κ3) is 3.70. The Morgan fingerprint density at radius 1 is 1.00 bits per heavy atom. The average Bonchev–Trinajstić information content (AvgIpc) is 2.11. The maximum Gasteiger partial charge on any atom is 0.480 e. The van der Waals surface area contributed by atoms with E-state index in [0.717, 1.165) is 21.1 Å². The first-order valence-corrected chi connectivity index (χ1v) is 4.98. The third-order valence-corrected chi connectivity index (χ3v) is 3.01. The normalized spacial score (nSPS) is 9.23. The summed E-state index contributed by atoms with van der Waals surface area (Å²) in [5, 5.41) is 0. The number of hydrogen-bond acceptors (Lipinski definition) is 6. The number of carbonyl (C=O) groups is 3. The van der Waals surface area contributed by atoms with Gasteiger partial charge in [-0.1, -0.05) is 0 Å². The Labute approximate surface area is 76.5 Å². The Morgan fingerprint density at radius 2 is 1.38 bits per heavy atom. The second kappa shape index (κ2) is 5.30. The van der Waals surface area contributed by atoms with Gasteiger partial charge in [0.25, 0.3) is 5.97 Å². The Bertz CT molecular complexity index is 209. The first-order valence-electron chi connectivity index (χ1n) is 3.35. The molecule has 13 heavy (non-hydrogen) atoms. The van der Waals surface area contributed by atoms with Crippen molar-refractivity contribution in [2.24, 2.45) is 0 Å². The van der Waals surface area contributed by atoms with Crippen molar-refractivity contribution in [3.8, 4) is 0 Å². The van der Waals surface area contributed by atoms with E-state index in [0.29, 0.717) is 0 Å². The van der Waals surface area contributed by atoms with Gasteiger partial charge in [-0.05, 0) is 0 Å². The van der Waals surface area contributed by atoms with Crippen LogP contribution in [0.15, 0.2) is 0 Å². The maximum absolute atomic E-state index is 10.9. The van der Waals surface area contributed by atoms with Crippen LogP contribution < -0.4 is 0 Å². The molecule has 0 spiro atoms. The fraction of sp³-hybridized carbons (Fsp3) is 0.500. The second-order valence-electron chi connectivity index (χ2n) is 2.04. The van der Waals surface area contributed by atoms with Gasteiger partial charge in [-0.3, -0.25) is 14.4 Å². The molecule has 0 bridgehead atoms. The Hall–Kier alpha value is -1.37. The van der Waals surface area contributed by atoms with Gasteiger partial charge in [0.15, 0.2) is 0 Å². The van der Waals surface area contributed by atoms with Crippen LogP contribution in [0, 0.1) is 0 Å². The lowest BCUT2D eigenvalue weighted by Crippen LogP contribution is -2.40. The molecule has 0 saturated heterocycles. The van der Waals surface area contributed by atoms with Crippen molar-refractivity contribution >= 4 is 26.2 Å². The summed E-state index contributed by atoms with van der Waals surface area (Å²) in [6, 6.07) is 0. The number of methoxy groups -OCH3 is 2. The predicted octanol–water partition coefficient (Wildman–Crippen LogP) is -0.0305. The molecule has 0 aromatic heterocycles. The summed E-state index contributed by atoms with van der Waals surface area (Å²) in [5.41, 5.74) is -1.66. The lowest BCUT2D eigenvalue weighted by molar-refractivity contribution is -0.132. The molecular weight excluding hydrogens is 196 g/mol. The highest BCUT2D eigenvalue weighted by Gasteiger charge is 2.36. The summed E-state index contributed by atoms with van der Waals surface area (Å²) in [4.78, 5) is 32.3. The predicted molar refractivity (Wildman–Crippen MR) is 43.7 cm³/mol. The minimum atomic E-state index is -3.05. The molecule has 0 unspecified atom stereocenters. The van der Waals surface area contributed by atoms with Gasteiger partial charge >= 0.3 is 20.2 Å². The van der Waals surface area contributed by atoms with E-state index < -0.39 is 26.2 Å². The van der Waals surface area contributed by atoms with E-state index in [4.69, 9.17) is 0 Å². The molecule has 0 aromatic rings. The molecule has 0 aromatic carbocycles. The van der Waals surface area contributed by atoms with Crippen LogP contribution in [-0.2, 0) is 18.7 Å². The van der Waals surface area contributed by atoms with Gasteiger partial charge in [0, 0.05) is 6.92 Å².